The minimum atomic E-state index is 0.160. The van der Waals surface area contributed by atoms with Gasteiger partial charge in [-0.15, -0.1) is 0 Å². The largest absolute Gasteiger partial charge is 0.495 e. The van der Waals surface area contributed by atoms with Gasteiger partial charge in [-0.1, -0.05) is 15.9 Å². The molecule has 0 spiro atoms. The standard InChI is InChI=1S/C16H22BrN3O/c1-9-7-13(17)8-14(21-6)16(9)18-10(2)15-11(3)19-20(5)12(15)4/h7-8,10,18H,1-6H3. The van der Waals surface area contributed by atoms with Crippen molar-refractivity contribution < 1.29 is 4.74 Å². The molecule has 0 aliphatic carbocycles. The van der Waals surface area contributed by atoms with Crippen LogP contribution < -0.4 is 10.1 Å². The molecule has 0 aliphatic heterocycles. The van der Waals surface area contributed by atoms with E-state index in [1.807, 2.05) is 24.7 Å². The molecule has 0 amide bonds. The Kier molecular flexibility index (Phi) is 4.61. The Balaban J connectivity index is 2.38. The van der Waals surface area contributed by atoms with E-state index >= 15 is 0 Å². The van der Waals surface area contributed by atoms with E-state index in [0.29, 0.717) is 0 Å². The van der Waals surface area contributed by atoms with E-state index < -0.39 is 0 Å². The highest BCUT2D eigenvalue weighted by atomic mass is 79.9. The SMILES string of the molecule is COc1cc(Br)cc(C)c1NC(C)c1c(C)nn(C)c1C. The molecule has 2 rings (SSSR count). The Hall–Kier alpha value is -1.49. The third-order valence-electron chi connectivity index (χ3n) is 3.84. The third-order valence-corrected chi connectivity index (χ3v) is 4.30. The van der Waals surface area contributed by atoms with E-state index in [1.165, 1.54) is 11.3 Å². The van der Waals surface area contributed by atoms with Crippen molar-refractivity contribution in [3.8, 4) is 5.75 Å². The van der Waals surface area contributed by atoms with E-state index in [0.717, 1.165) is 27.2 Å². The zero-order chi connectivity index (χ0) is 15.7. The van der Waals surface area contributed by atoms with Crippen LogP contribution in [-0.4, -0.2) is 16.9 Å². The lowest BCUT2D eigenvalue weighted by Gasteiger charge is -2.20. The van der Waals surface area contributed by atoms with Crippen LogP contribution in [0.15, 0.2) is 16.6 Å². The highest BCUT2D eigenvalue weighted by Gasteiger charge is 2.18. The van der Waals surface area contributed by atoms with Gasteiger partial charge in [0.1, 0.15) is 5.75 Å². The summed E-state index contributed by atoms with van der Waals surface area (Å²) < 4.78 is 8.44. The molecule has 0 bridgehead atoms. The van der Waals surface area contributed by atoms with Crippen LogP contribution in [0.1, 0.15) is 35.5 Å². The molecule has 114 valence electrons. The lowest BCUT2D eigenvalue weighted by atomic mass is 10.0. The monoisotopic (exact) mass is 351 g/mol. The normalized spacial score (nSPS) is 12.3. The fraction of sp³-hybridized carbons (Fsp3) is 0.438. The van der Waals surface area contributed by atoms with E-state index in [2.05, 4.69) is 53.2 Å². The zero-order valence-electron chi connectivity index (χ0n) is 13.4. The highest BCUT2D eigenvalue weighted by Crippen LogP contribution is 2.35. The van der Waals surface area contributed by atoms with Gasteiger partial charge in [0.05, 0.1) is 24.5 Å². The molecule has 0 aliphatic rings. The van der Waals surface area contributed by atoms with Crippen LogP contribution in [0.5, 0.6) is 5.75 Å². The Labute approximate surface area is 134 Å². The van der Waals surface area contributed by atoms with E-state index in [-0.39, 0.29) is 6.04 Å². The van der Waals surface area contributed by atoms with Crippen molar-refractivity contribution >= 4 is 21.6 Å². The Morgan fingerprint density at radius 3 is 2.48 bits per heavy atom. The lowest BCUT2D eigenvalue weighted by Crippen LogP contribution is -2.11. The summed E-state index contributed by atoms with van der Waals surface area (Å²) in [6, 6.07) is 4.22. The van der Waals surface area contributed by atoms with Crippen molar-refractivity contribution in [2.45, 2.75) is 33.7 Å². The van der Waals surface area contributed by atoms with Crippen LogP contribution in [-0.2, 0) is 7.05 Å². The predicted molar refractivity (Wildman–Crippen MR) is 90.2 cm³/mol. The second kappa shape index (κ2) is 6.10. The maximum atomic E-state index is 5.50. The number of hydrogen-bond donors (Lipinski definition) is 1. The molecule has 0 radical (unpaired) electrons. The Morgan fingerprint density at radius 2 is 1.95 bits per heavy atom. The van der Waals surface area contributed by atoms with Crippen molar-refractivity contribution in [3.63, 3.8) is 0 Å². The molecule has 1 unspecified atom stereocenters. The molecule has 5 heteroatoms. The van der Waals surface area contributed by atoms with Gasteiger partial charge in [-0.25, -0.2) is 0 Å². The Bertz CT molecular complexity index is 664. The van der Waals surface area contributed by atoms with Crippen LogP contribution in [0, 0.1) is 20.8 Å². The number of ether oxygens (including phenoxy) is 1. The zero-order valence-corrected chi connectivity index (χ0v) is 15.0. The van der Waals surface area contributed by atoms with Gasteiger partial charge in [-0.05, 0) is 45.4 Å². The van der Waals surface area contributed by atoms with Crippen LogP contribution >= 0.6 is 15.9 Å². The molecule has 0 saturated heterocycles. The molecule has 1 atom stereocenters. The average Bonchev–Trinajstić information content (AvgIpc) is 2.66. The topological polar surface area (TPSA) is 39.1 Å². The van der Waals surface area contributed by atoms with Crippen molar-refractivity contribution in [2.75, 3.05) is 12.4 Å². The molecule has 21 heavy (non-hydrogen) atoms. The summed E-state index contributed by atoms with van der Waals surface area (Å²) in [7, 11) is 3.67. The van der Waals surface area contributed by atoms with Crippen LogP contribution in [0.2, 0.25) is 0 Å². The second-order valence-electron chi connectivity index (χ2n) is 5.37. The maximum Gasteiger partial charge on any atom is 0.143 e. The summed E-state index contributed by atoms with van der Waals surface area (Å²) in [5.41, 5.74) is 5.65. The summed E-state index contributed by atoms with van der Waals surface area (Å²) in [6.45, 7) is 8.37. The van der Waals surface area contributed by atoms with Gasteiger partial charge in [0, 0.05) is 22.8 Å². The number of nitrogens with zero attached hydrogens (tertiary/aromatic N) is 2. The van der Waals surface area contributed by atoms with Gasteiger partial charge in [0.2, 0.25) is 0 Å². The number of aromatic nitrogens is 2. The first-order valence-corrected chi connectivity index (χ1v) is 7.75. The van der Waals surface area contributed by atoms with Gasteiger partial charge in [-0.3, -0.25) is 4.68 Å². The molecule has 2 aromatic rings. The molecule has 0 saturated carbocycles. The predicted octanol–water partition coefficient (Wildman–Crippen LogP) is 4.29. The summed E-state index contributed by atoms with van der Waals surface area (Å²) in [5.74, 6) is 0.841. The van der Waals surface area contributed by atoms with E-state index in [1.54, 1.807) is 7.11 Å². The minimum Gasteiger partial charge on any atom is -0.495 e. The molecule has 4 nitrogen and oxygen atoms in total. The molecule has 1 aromatic carbocycles. The fourth-order valence-corrected chi connectivity index (χ4v) is 3.31. The number of hydrogen-bond acceptors (Lipinski definition) is 3. The van der Waals surface area contributed by atoms with Crippen molar-refractivity contribution in [1.29, 1.82) is 0 Å². The van der Waals surface area contributed by atoms with Gasteiger partial charge in [0.25, 0.3) is 0 Å². The molecule has 1 N–H and O–H groups in total. The first-order valence-electron chi connectivity index (χ1n) is 6.96. The van der Waals surface area contributed by atoms with Crippen LogP contribution in [0.25, 0.3) is 0 Å². The smallest absolute Gasteiger partial charge is 0.143 e. The van der Waals surface area contributed by atoms with Gasteiger partial charge in [-0.2, -0.15) is 5.10 Å². The number of methoxy groups -OCH3 is 1. The molecule has 1 heterocycles. The van der Waals surface area contributed by atoms with Crippen molar-refractivity contribution in [2.24, 2.45) is 7.05 Å². The Morgan fingerprint density at radius 1 is 1.29 bits per heavy atom. The minimum absolute atomic E-state index is 0.160. The summed E-state index contributed by atoms with van der Waals surface area (Å²) in [4.78, 5) is 0. The molecular weight excluding hydrogens is 330 g/mol. The number of benzene rings is 1. The maximum absolute atomic E-state index is 5.50. The molecule has 0 fully saturated rings. The second-order valence-corrected chi connectivity index (χ2v) is 6.29. The quantitative estimate of drug-likeness (QED) is 0.892. The first kappa shape index (κ1) is 15.9. The number of aryl methyl sites for hydroxylation is 3. The number of halogens is 1. The third kappa shape index (κ3) is 3.07. The van der Waals surface area contributed by atoms with Gasteiger partial charge < -0.3 is 10.1 Å². The number of anilines is 1. The highest BCUT2D eigenvalue weighted by molar-refractivity contribution is 9.10. The van der Waals surface area contributed by atoms with Crippen LogP contribution in [0.3, 0.4) is 0 Å². The summed E-state index contributed by atoms with van der Waals surface area (Å²) >= 11 is 3.50. The lowest BCUT2D eigenvalue weighted by molar-refractivity contribution is 0.415. The van der Waals surface area contributed by atoms with Gasteiger partial charge >= 0.3 is 0 Å². The summed E-state index contributed by atoms with van der Waals surface area (Å²) in [6.07, 6.45) is 0. The fourth-order valence-electron chi connectivity index (χ4n) is 2.76. The first-order chi connectivity index (χ1) is 9.85. The van der Waals surface area contributed by atoms with Gasteiger partial charge in [0.15, 0.2) is 0 Å². The number of nitrogens with one attached hydrogen (secondary N) is 1. The van der Waals surface area contributed by atoms with E-state index in [9.17, 15) is 0 Å². The molecule has 1 aromatic heterocycles. The van der Waals surface area contributed by atoms with E-state index in [4.69, 9.17) is 4.74 Å². The summed E-state index contributed by atoms with van der Waals surface area (Å²) in [5, 5.41) is 8.06. The molecular formula is C16H22BrN3O. The van der Waals surface area contributed by atoms with Crippen LogP contribution in [0.4, 0.5) is 5.69 Å². The average molecular weight is 352 g/mol. The number of rotatable bonds is 4. The van der Waals surface area contributed by atoms with Crippen molar-refractivity contribution in [1.82, 2.24) is 9.78 Å². The van der Waals surface area contributed by atoms with Crippen molar-refractivity contribution in [3.05, 3.63) is 39.1 Å².